The third kappa shape index (κ3) is 3.89. The quantitative estimate of drug-likeness (QED) is 0.886. The first-order chi connectivity index (χ1) is 7.34. The smallest absolute Gasteiger partial charge is 0.0940 e. The van der Waals surface area contributed by atoms with Crippen molar-refractivity contribution >= 4 is 18.2 Å². The van der Waals surface area contributed by atoms with Gasteiger partial charge in [0.15, 0.2) is 0 Å². The summed E-state index contributed by atoms with van der Waals surface area (Å²) in [5.74, 6) is 0.838. The van der Waals surface area contributed by atoms with Crippen LogP contribution in [-0.2, 0) is 6.42 Å². The second kappa shape index (κ2) is 6.59. The molecule has 2 rings (SSSR count). The molecule has 1 aliphatic heterocycles. The topological polar surface area (TPSA) is 51.5 Å². The lowest BCUT2D eigenvalue weighted by Crippen LogP contribution is -2.14. The van der Waals surface area contributed by atoms with Gasteiger partial charge < -0.3 is 10.2 Å². The number of rotatable bonds is 3. The van der Waals surface area contributed by atoms with Crippen LogP contribution in [0.4, 0.5) is 0 Å². The molecule has 1 aromatic rings. The zero-order valence-electron chi connectivity index (χ0n) is 9.39. The predicted octanol–water partition coefficient (Wildman–Crippen LogP) is 2.93. The second-order valence-corrected chi connectivity index (χ2v) is 4.19. The van der Waals surface area contributed by atoms with Crippen molar-refractivity contribution in [2.45, 2.75) is 44.6 Å². The van der Waals surface area contributed by atoms with Crippen LogP contribution in [0.2, 0.25) is 0 Å². The zero-order chi connectivity index (χ0) is 10.5. The maximum Gasteiger partial charge on any atom is 0.0940 e. The molecule has 0 radical (unpaired) electrons. The van der Waals surface area contributed by atoms with Gasteiger partial charge >= 0.3 is 0 Å². The van der Waals surface area contributed by atoms with Crippen molar-refractivity contribution in [3.05, 3.63) is 24.2 Å². The van der Waals surface area contributed by atoms with Gasteiger partial charge in [-0.1, -0.05) is 6.42 Å². The summed E-state index contributed by atoms with van der Waals surface area (Å²) in [5.41, 5.74) is 7.06. The Morgan fingerprint density at radius 1 is 1.44 bits per heavy atom. The van der Waals surface area contributed by atoms with E-state index in [1.165, 1.54) is 24.8 Å². The number of hydrogen-bond acceptors (Lipinski definition) is 3. The van der Waals surface area contributed by atoms with Crippen molar-refractivity contribution in [3.8, 4) is 0 Å². The molecule has 0 amide bonds. The van der Waals surface area contributed by atoms with E-state index in [9.17, 15) is 0 Å². The Kier molecular flexibility index (Phi) is 5.39. The van der Waals surface area contributed by atoms with E-state index >= 15 is 0 Å². The van der Waals surface area contributed by atoms with Crippen LogP contribution in [-0.4, -0.2) is 11.9 Å². The van der Waals surface area contributed by atoms with Crippen LogP contribution in [0, 0.1) is 0 Å². The van der Waals surface area contributed by atoms with Gasteiger partial charge in [0.1, 0.15) is 0 Å². The Morgan fingerprint density at radius 3 is 3.06 bits per heavy atom. The normalized spacial score (nSPS) is 20.8. The van der Waals surface area contributed by atoms with Gasteiger partial charge in [0, 0.05) is 6.42 Å². The monoisotopic (exact) mass is 242 g/mol. The standard InChI is InChI=1S/C12H18N2O.ClH/c13-12-4-2-1-3-11(14-12)6-5-10-7-8-15-9-10;/h7-9,11H,1-6H2,(H2,13,14);1H. The first-order valence-corrected chi connectivity index (χ1v) is 5.68. The van der Waals surface area contributed by atoms with Crippen LogP contribution < -0.4 is 5.73 Å². The Bertz CT molecular complexity index is 322. The Morgan fingerprint density at radius 2 is 2.31 bits per heavy atom. The first kappa shape index (κ1) is 13.1. The van der Waals surface area contributed by atoms with Gasteiger partial charge in [-0.05, 0) is 37.3 Å². The molecule has 1 atom stereocenters. The molecule has 4 heteroatoms. The fraction of sp³-hybridized carbons (Fsp3) is 0.583. The molecule has 2 heterocycles. The van der Waals surface area contributed by atoms with Gasteiger partial charge in [0.25, 0.3) is 0 Å². The van der Waals surface area contributed by atoms with Gasteiger partial charge in [-0.15, -0.1) is 12.4 Å². The summed E-state index contributed by atoms with van der Waals surface area (Å²) in [4.78, 5) is 4.54. The molecule has 1 unspecified atom stereocenters. The van der Waals surface area contributed by atoms with Gasteiger partial charge in [0.05, 0.1) is 24.4 Å². The van der Waals surface area contributed by atoms with E-state index in [-0.39, 0.29) is 12.4 Å². The number of amidine groups is 1. The highest BCUT2D eigenvalue weighted by molar-refractivity contribution is 5.85. The van der Waals surface area contributed by atoms with Crippen molar-refractivity contribution in [2.75, 3.05) is 0 Å². The molecule has 0 bridgehead atoms. The molecule has 1 aromatic heterocycles. The van der Waals surface area contributed by atoms with Crippen LogP contribution in [0.25, 0.3) is 0 Å². The highest BCUT2D eigenvalue weighted by Crippen LogP contribution is 2.17. The van der Waals surface area contributed by atoms with Crippen molar-refractivity contribution < 1.29 is 4.42 Å². The van der Waals surface area contributed by atoms with Crippen molar-refractivity contribution in [3.63, 3.8) is 0 Å². The third-order valence-electron chi connectivity index (χ3n) is 2.91. The summed E-state index contributed by atoms with van der Waals surface area (Å²) in [6.07, 6.45) is 10.3. The molecular formula is C12H19ClN2O. The maximum atomic E-state index is 5.81. The number of aryl methyl sites for hydroxylation is 1. The fourth-order valence-corrected chi connectivity index (χ4v) is 2.03. The molecule has 0 fully saturated rings. The number of hydrogen-bond donors (Lipinski definition) is 1. The maximum absolute atomic E-state index is 5.81. The Hall–Kier alpha value is -0.960. The van der Waals surface area contributed by atoms with E-state index < -0.39 is 0 Å². The Labute approximate surface area is 103 Å². The SMILES string of the molecule is Cl.NC1=NC(CCc2ccoc2)CCCC1. The fourth-order valence-electron chi connectivity index (χ4n) is 2.03. The van der Waals surface area contributed by atoms with E-state index in [1.54, 1.807) is 6.26 Å². The summed E-state index contributed by atoms with van der Waals surface area (Å²) in [6.45, 7) is 0. The van der Waals surface area contributed by atoms with E-state index in [2.05, 4.69) is 4.99 Å². The molecule has 16 heavy (non-hydrogen) atoms. The summed E-state index contributed by atoms with van der Waals surface area (Å²) >= 11 is 0. The number of nitrogens with zero attached hydrogens (tertiary/aromatic N) is 1. The number of furan rings is 1. The van der Waals surface area contributed by atoms with Crippen LogP contribution >= 0.6 is 12.4 Å². The van der Waals surface area contributed by atoms with E-state index in [0.29, 0.717) is 6.04 Å². The lowest BCUT2D eigenvalue weighted by atomic mass is 10.0. The lowest BCUT2D eigenvalue weighted by Gasteiger charge is -2.09. The number of aliphatic imine (C=N–C) groups is 1. The zero-order valence-corrected chi connectivity index (χ0v) is 10.2. The van der Waals surface area contributed by atoms with Gasteiger partial charge in [0.2, 0.25) is 0 Å². The average Bonchev–Trinajstić information content (AvgIpc) is 2.65. The van der Waals surface area contributed by atoms with Crippen LogP contribution in [0.3, 0.4) is 0 Å². The van der Waals surface area contributed by atoms with E-state index in [4.69, 9.17) is 10.2 Å². The number of nitrogens with two attached hydrogens (primary N) is 1. The summed E-state index contributed by atoms with van der Waals surface area (Å²) < 4.78 is 5.04. The van der Waals surface area contributed by atoms with E-state index in [0.717, 1.165) is 25.1 Å². The van der Waals surface area contributed by atoms with Gasteiger partial charge in [-0.3, -0.25) is 4.99 Å². The van der Waals surface area contributed by atoms with Crippen molar-refractivity contribution in [2.24, 2.45) is 10.7 Å². The highest BCUT2D eigenvalue weighted by Gasteiger charge is 2.11. The molecule has 90 valence electrons. The summed E-state index contributed by atoms with van der Waals surface area (Å²) in [6, 6.07) is 2.44. The highest BCUT2D eigenvalue weighted by atomic mass is 35.5. The second-order valence-electron chi connectivity index (χ2n) is 4.19. The van der Waals surface area contributed by atoms with Crippen LogP contribution in [0.1, 0.15) is 37.7 Å². The Balaban J connectivity index is 0.00000128. The molecule has 0 aromatic carbocycles. The number of halogens is 1. The average molecular weight is 243 g/mol. The molecule has 1 aliphatic rings. The summed E-state index contributed by atoms with van der Waals surface area (Å²) in [7, 11) is 0. The minimum atomic E-state index is 0. The minimum absolute atomic E-state index is 0. The largest absolute Gasteiger partial charge is 0.472 e. The van der Waals surface area contributed by atoms with Gasteiger partial charge in [-0.2, -0.15) is 0 Å². The summed E-state index contributed by atoms with van der Waals surface area (Å²) in [5, 5.41) is 0. The van der Waals surface area contributed by atoms with E-state index in [1.807, 2.05) is 12.3 Å². The van der Waals surface area contributed by atoms with Crippen LogP contribution in [0.15, 0.2) is 28.0 Å². The molecule has 0 saturated carbocycles. The van der Waals surface area contributed by atoms with Crippen molar-refractivity contribution in [1.29, 1.82) is 0 Å². The lowest BCUT2D eigenvalue weighted by molar-refractivity contribution is 0.543. The first-order valence-electron chi connectivity index (χ1n) is 5.68. The molecular weight excluding hydrogens is 224 g/mol. The molecule has 0 spiro atoms. The molecule has 0 aliphatic carbocycles. The molecule has 3 nitrogen and oxygen atoms in total. The van der Waals surface area contributed by atoms with Crippen molar-refractivity contribution in [1.82, 2.24) is 0 Å². The molecule has 2 N–H and O–H groups in total. The van der Waals surface area contributed by atoms with Gasteiger partial charge in [-0.25, -0.2) is 0 Å². The minimum Gasteiger partial charge on any atom is -0.472 e. The van der Waals surface area contributed by atoms with Crippen LogP contribution in [0.5, 0.6) is 0 Å². The predicted molar refractivity (Wildman–Crippen MR) is 68.2 cm³/mol. The third-order valence-corrected chi connectivity index (χ3v) is 2.91. The molecule has 0 saturated heterocycles.